The van der Waals surface area contributed by atoms with E-state index in [4.69, 9.17) is 5.73 Å². The lowest BCUT2D eigenvalue weighted by molar-refractivity contribution is 0.0999. The zero-order valence-electron chi connectivity index (χ0n) is 10.6. The van der Waals surface area contributed by atoms with Crippen LogP contribution in [0.4, 0.5) is 0 Å². The third-order valence-electron chi connectivity index (χ3n) is 3.33. The number of rotatable bonds is 4. The van der Waals surface area contributed by atoms with Gasteiger partial charge in [-0.1, -0.05) is 24.3 Å². The Bertz CT molecular complexity index is 434. The highest BCUT2D eigenvalue weighted by atomic mass is 16.1. The van der Waals surface area contributed by atoms with Crippen molar-refractivity contribution in [3.05, 3.63) is 47.7 Å². The van der Waals surface area contributed by atoms with Gasteiger partial charge in [0.05, 0.1) is 0 Å². The molecule has 0 saturated carbocycles. The van der Waals surface area contributed by atoms with Crippen LogP contribution in [-0.2, 0) is 6.42 Å². The molecule has 2 rings (SSSR count). The van der Waals surface area contributed by atoms with Gasteiger partial charge in [-0.2, -0.15) is 0 Å². The molecule has 1 heterocycles. The van der Waals surface area contributed by atoms with E-state index in [1.807, 2.05) is 18.2 Å². The average molecular weight is 244 g/mol. The van der Waals surface area contributed by atoms with Gasteiger partial charge in [-0.25, -0.2) is 0 Å². The number of primary amides is 1. The smallest absolute Gasteiger partial charge is 0.248 e. The van der Waals surface area contributed by atoms with Gasteiger partial charge in [-0.05, 0) is 43.5 Å². The number of hydrogen-bond acceptors (Lipinski definition) is 2. The molecule has 0 bridgehead atoms. The van der Waals surface area contributed by atoms with Crippen molar-refractivity contribution < 1.29 is 4.79 Å². The van der Waals surface area contributed by atoms with E-state index in [0.29, 0.717) is 5.56 Å². The Morgan fingerprint density at radius 3 is 2.67 bits per heavy atom. The number of likely N-dealkylation sites (tertiary alicyclic amines) is 1. The first-order chi connectivity index (χ1) is 8.77. The maximum atomic E-state index is 11.3. The molecule has 0 unspecified atom stereocenters. The molecule has 1 fully saturated rings. The third-order valence-corrected chi connectivity index (χ3v) is 3.33. The van der Waals surface area contributed by atoms with Crippen molar-refractivity contribution in [2.75, 3.05) is 13.1 Å². The summed E-state index contributed by atoms with van der Waals surface area (Å²) in [5.74, 6) is -0.350. The Morgan fingerprint density at radius 2 is 1.94 bits per heavy atom. The van der Waals surface area contributed by atoms with Crippen LogP contribution in [0.5, 0.6) is 0 Å². The van der Waals surface area contributed by atoms with Gasteiger partial charge in [0.1, 0.15) is 0 Å². The van der Waals surface area contributed by atoms with E-state index in [2.05, 4.69) is 17.2 Å². The van der Waals surface area contributed by atoms with E-state index in [0.717, 1.165) is 25.1 Å². The average Bonchev–Trinajstić information content (AvgIpc) is 2.40. The number of allylic oxidation sites excluding steroid dienone is 1. The van der Waals surface area contributed by atoms with Gasteiger partial charge in [-0.15, -0.1) is 0 Å². The molecular formula is C15H20N2O. The lowest BCUT2D eigenvalue weighted by Gasteiger charge is -2.24. The number of piperidine rings is 1. The van der Waals surface area contributed by atoms with Gasteiger partial charge in [0.25, 0.3) is 0 Å². The maximum absolute atomic E-state index is 11.3. The Labute approximate surface area is 108 Å². The largest absolute Gasteiger partial charge is 0.378 e. The number of amides is 1. The fourth-order valence-corrected chi connectivity index (χ4v) is 2.33. The van der Waals surface area contributed by atoms with E-state index in [1.54, 1.807) is 6.07 Å². The van der Waals surface area contributed by atoms with Crippen LogP contribution >= 0.6 is 0 Å². The fraction of sp³-hybridized carbons (Fsp3) is 0.400. The van der Waals surface area contributed by atoms with Crippen molar-refractivity contribution in [1.82, 2.24) is 4.90 Å². The molecule has 1 aliphatic heterocycles. The van der Waals surface area contributed by atoms with Crippen molar-refractivity contribution in [3.8, 4) is 0 Å². The predicted octanol–water partition coefficient (Wildman–Crippen LogP) is 2.33. The monoisotopic (exact) mass is 244 g/mol. The summed E-state index contributed by atoms with van der Waals surface area (Å²) in [5.41, 5.74) is 6.98. The molecule has 1 amide bonds. The maximum Gasteiger partial charge on any atom is 0.248 e. The van der Waals surface area contributed by atoms with Gasteiger partial charge in [0.2, 0.25) is 5.91 Å². The SMILES string of the molecule is NC(=O)c1ccccc1CC=CN1CCCCC1. The number of benzene rings is 1. The summed E-state index contributed by atoms with van der Waals surface area (Å²) in [5, 5.41) is 0. The first kappa shape index (κ1) is 12.7. The molecule has 0 atom stereocenters. The van der Waals surface area contributed by atoms with Crippen LogP contribution in [-0.4, -0.2) is 23.9 Å². The molecule has 0 spiro atoms. The molecule has 0 aliphatic carbocycles. The summed E-state index contributed by atoms with van der Waals surface area (Å²) >= 11 is 0. The highest BCUT2D eigenvalue weighted by molar-refractivity contribution is 5.94. The van der Waals surface area contributed by atoms with Gasteiger partial charge >= 0.3 is 0 Å². The van der Waals surface area contributed by atoms with Crippen LogP contribution in [0.2, 0.25) is 0 Å². The molecule has 0 aromatic heterocycles. The lowest BCUT2D eigenvalue weighted by atomic mass is 10.0. The quantitative estimate of drug-likeness (QED) is 0.883. The summed E-state index contributed by atoms with van der Waals surface area (Å²) in [6.45, 7) is 2.29. The zero-order valence-corrected chi connectivity index (χ0v) is 10.6. The predicted molar refractivity (Wildman–Crippen MR) is 73.2 cm³/mol. The van der Waals surface area contributed by atoms with Crippen LogP contribution in [0.1, 0.15) is 35.2 Å². The van der Waals surface area contributed by atoms with Crippen LogP contribution in [0, 0.1) is 0 Å². The van der Waals surface area contributed by atoms with Crippen molar-refractivity contribution in [3.63, 3.8) is 0 Å². The highest BCUT2D eigenvalue weighted by Gasteiger charge is 2.07. The normalized spacial score (nSPS) is 16.1. The summed E-state index contributed by atoms with van der Waals surface area (Å²) in [7, 11) is 0. The molecule has 1 aromatic carbocycles. The Morgan fingerprint density at radius 1 is 1.22 bits per heavy atom. The molecule has 1 aromatic rings. The number of nitrogens with zero attached hydrogens (tertiary/aromatic N) is 1. The molecule has 0 radical (unpaired) electrons. The minimum Gasteiger partial charge on any atom is -0.378 e. The minimum atomic E-state index is -0.350. The number of carbonyl (C=O) groups excluding carboxylic acids is 1. The summed E-state index contributed by atoms with van der Waals surface area (Å²) < 4.78 is 0. The van der Waals surface area contributed by atoms with E-state index in [-0.39, 0.29) is 5.91 Å². The second-order valence-electron chi connectivity index (χ2n) is 4.71. The van der Waals surface area contributed by atoms with E-state index < -0.39 is 0 Å². The van der Waals surface area contributed by atoms with Gasteiger partial charge in [0, 0.05) is 18.7 Å². The molecule has 3 heteroatoms. The Balaban J connectivity index is 1.97. The van der Waals surface area contributed by atoms with Crippen LogP contribution in [0.15, 0.2) is 36.5 Å². The molecule has 96 valence electrons. The van der Waals surface area contributed by atoms with Crippen molar-refractivity contribution in [1.29, 1.82) is 0 Å². The first-order valence-electron chi connectivity index (χ1n) is 6.56. The lowest BCUT2D eigenvalue weighted by Crippen LogP contribution is -2.24. The van der Waals surface area contributed by atoms with Crippen molar-refractivity contribution >= 4 is 5.91 Å². The summed E-state index contributed by atoms with van der Waals surface area (Å²) in [6, 6.07) is 7.53. The Hall–Kier alpha value is -1.77. The molecule has 1 aliphatic rings. The van der Waals surface area contributed by atoms with Gasteiger partial charge in [-0.3, -0.25) is 4.79 Å². The molecule has 1 saturated heterocycles. The van der Waals surface area contributed by atoms with Crippen LogP contribution in [0.25, 0.3) is 0 Å². The van der Waals surface area contributed by atoms with Crippen LogP contribution < -0.4 is 5.73 Å². The number of nitrogens with two attached hydrogens (primary N) is 1. The highest BCUT2D eigenvalue weighted by Crippen LogP contribution is 2.11. The zero-order chi connectivity index (χ0) is 12.8. The number of carbonyl (C=O) groups is 1. The summed E-state index contributed by atoms with van der Waals surface area (Å²) in [6.07, 6.45) is 8.93. The van der Waals surface area contributed by atoms with E-state index in [1.165, 1.54) is 19.3 Å². The second-order valence-corrected chi connectivity index (χ2v) is 4.71. The standard InChI is InChI=1S/C15H20N2O/c16-15(18)14-9-3-2-7-13(14)8-6-12-17-10-4-1-5-11-17/h2-3,6-7,9,12H,1,4-5,8,10-11H2,(H2,16,18). The van der Waals surface area contributed by atoms with Gasteiger partial charge < -0.3 is 10.6 Å². The van der Waals surface area contributed by atoms with Crippen LogP contribution in [0.3, 0.4) is 0 Å². The first-order valence-corrected chi connectivity index (χ1v) is 6.56. The van der Waals surface area contributed by atoms with Crippen molar-refractivity contribution in [2.24, 2.45) is 5.73 Å². The molecule has 3 nitrogen and oxygen atoms in total. The van der Waals surface area contributed by atoms with Crippen molar-refractivity contribution in [2.45, 2.75) is 25.7 Å². The minimum absolute atomic E-state index is 0.350. The topological polar surface area (TPSA) is 46.3 Å². The molecule has 18 heavy (non-hydrogen) atoms. The van der Waals surface area contributed by atoms with Gasteiger partial charge in [0.15, 0.2) is 0 Å². The van der Waals surface area contributed by atoms with E-state index in [9.17, 15) is 4.79 Å². The molecule has 2 N–H and O–H groups in total. The van der Waals surface area contributed by atoms with E-state index >= 15 is 0 Å². The fourth-order valence-electron chi connectivity index (χ4n) is 2.33. The second kappa shape index (κ2) is 6.24. The Kier molecular flexibility index (Phi) is 4.40. The third kappa shape index (κ3) is 3.36. The summed E-state index contributed by atoms with van der Waals surface area (Å²) in [4.78, 5) is 13.6. The molecular weight excluding hydrogens is 224 g/mol. The number of hydrogen-bond donors (Lipinski definition) is 1.